The molecule has 1 N–H and O–H groups in total. The van der Waals surface area contributed by atoms with Gasteiger partial charge in [-0.1, -0.05) is 35.5 Å². The quantitative estimate of drug-likeness (QED) is 0.743. The summed E-state index contributed by atoms with van der Waals surface area (Å²) in [6.45, 7) is 0.471. The second-order valence-corrected chi connectivity index (χ2v) is 6.38. The lowest BCUT2D eigenvalue weighted by atomic mass is 10.2. The first-order valence-corrected chi connectivity index (χ1v) is 8.68. The lowest BCUT2D eigenvalue weighted by Gasteiger charge is -2.08. The van der Waals surface area contributed by atoms with Crippen LogP contribution in [0, 0.1) is 0 Å². The number of hydrogen-bond donors (Lipinski definition) is 1. The lowest BCUT2D eigenvalue weighted by molar-refractivity contribution is 0.0945. The van der Waals surface area contributed by atoms with E-state index in [1.54, 1.807) is 11.8 Å². The van der Waals surface area contributed by atoms with E-state index in [1.807, 2.05) is 54.6 Å². The van der Waals surface area contributed by atoms with E-state index >= 15 is 0 Å². The van der Waals surface area contributed by atoms with Crippen molar-refractivity contribution >= 4 is 5.91 Å². The van der Waals surface area contributed by atoms with Crippen LogP contribution in [0.1, 0.15) is 40.5 Å². The number of ether oxygens (including phenoxy) is 1. The van der Waals surface area contributed by atoms with Crippen LogP contribution in [-0.4, -0.2) is 28.0 Å². The molecule has 1 aromatic heterocycles. The van der Waals surface area contributed by atoms with Crippen molar-refractivity contribution in [2.24, 2.45) is 0 Å². The number of rotatable bonds is 6. The predicted octanol–water partition coefficient (Wildman–Crippen LogP) is 3.08. The SMILES string of the molecule is COc1ccc(-n2nnc(C(=O)NCc3ccccc3)c2C2CC2)cc1. The van der Waals surface area contributed by atoms with E-state index in [1.165, 1.54) is 0 Å². The third-order valence-electron chi connectivity index (χ3n) is 4.50. The number of amides is 1. The number of nitrogens with zero attached hydrogens (tertiary/aromatic N) is 3. The summed E-state index contributed by atoms with van der Waals surface area (Å²) in [6, 6.07) is 17.4. The number of methoxy groups -OCH3 is 1. The van der Waals surface area contributed by atoms with Gasteiger partial charge >= 0.3 is 0 Å². The Kier molecular flexibility index (Phi) is 4.39. The van der Waals surface area contributed by atoms with E-state index in [0.29, 0.717) is 18.2 Å². The average Bonchev–Trinajstić information content (AvgIpc) is 3.45. The molecule has 4 rings (SSSR count). The Labute approximate surface area is 151 Å². The molecule has 1 fully saturated rings. The van der Waals surface area contributed by atoms with Crippen molar-refractivity contribution < 1.29 is 9.53 Å². The van der Waals surface area contributed by atoms with Crippen molar-refractivity contribution in [2.75, 3.05) is 7.11 Å². The summed E-state index contributed by atoms with van der Waals surface area (Å²) in [7, 11) is 1.63. The van der Waals surface area contributed by atoms with Gasteiger partial charge in [-0.3, -0.25) is 4.79 Å². The zero-order chi connectivity index (χ0) is 17.9. The molecule has 6 heteroatoms. The average molecular weight is 348 g/mol. The topological polar surface area (TPSA) is 69.0 Å². The Balaban J connectivity index is 1.58. The molecule has 2 aromatic carbocycles. The molecule has 0 spiro atoms. The fraction of sp³-hybridized carbons (Fsp3) is 0.250. The fourth-order valence-corrected chi connectivity index (χ4v) is 2.95. The highest BCUT2D eigenvalue weighted by Crippen LogP contribution is 2.42. The van der Waals surface area contributed by atoms with Crippen LogP contribution in [0.4, 0.5) is 0 Å². The molecule has 0 unspecified atom stereocenters. The van der Waals surface area contributed by atoms with Crippen molar-refractivity contribution in [1.82, 2.24) is 20.3 Å². The first kappa shape index (κ1) is 16.3. The summed E-state index contributed by atoms with van der Waals surface area (Å²) in [5, 5.41) is 11.4. The summed E-state index contributed by atoms with van der Waals surface area (Å²) in [6.07, 6.45) is 2.12. The number of carbonyl (C=O) groups is 1. The third kappa shape index (κ3) is 3.31. The van der Waals surface area contributed by atoms with Gasteiger partial charge in [-0.2, -0.15) is 0 Å². The summed E-state index contributed by atoms with van der Waals surface area (Å²) in [5.74, 6) is 0.933. The summed E-state index contributed by atoms with van der Waals surface area (Å²) in [5.41, 5.74) is 3.23. The number of aromatic nitrogens is 3. The maximum atomic E-state index is 12.7. The van der Waals surface area contributed by atoms with Gasteiger partial charge in [0.15, 0.2) is 5.69 Å². The Morgan fingerprint density at radius 3 is 2.54 bits per heavy atom. The van der Waals surface area contributed by atoms with E-state index in [-0.39, 0.29) is 5.91 Å². The molecule has 1 heterocycles. The summed E-state index contributed by atoms with van der Waals surface area (Å²) < 4.78 is 6.98. The van der Waals surface area contributed by atoms with E-state index in [2.05, 4.69) is 15.6 Å². The van der Waals surface area contributed by atoms with Crippen LogP contribution in [0.25, 0.3) is 5.69 Å². The highest BCUT2D eigenvalue weighted by Gasteiger charge is 2.34. The van der Waals surface area contributed by atoms with Gasteiger partial charge in [0, 0.05) is 12.5 Å². The number of hydrogen-bond acceptors (Lipinski definition) is 4. The van der Waals surface area contributed by atoms with Gasteiger partial charge in [-0.15, -0.1) is 5.10 Å². The van der Waals surface area contributed by atoms with E-state index in [9.17, 15) is 4.79 Å². The van der Waals surface area contributed by atoms with Gasteiger partial charge in [-0.05, 0) is 42.7 Å². The van der Waals surface area contributed by atoms with Gasteiger partial charge < -0.3 is 10.1 Å². The van der Waals surface area contributed by atoms with Crippen molar-refractivity contribution in [2.45, 2.75) is 25.3 Å². The Bertz CT molecular complexity index is 899. The van der Waals surface area contributed by atoms with E-state index in [4.69, 9.17) is 4.74 Å². The second kappa shape index (κ2) is 7.00. The number of benzene rings is 2. The molecule has 132 valence electrons. The van der Waals surface area contributed by atoms with Crippen LogP contribution >= 0.6 is 0 Å². The normalized spacial score (nSPS) is 13.4. The Morgan fingerprint density at radius 1 is 1.15 bits per heavy atom. The molecular weight excluding hydrogens is 328 g/mol. The molecule has 1 saturated carbocycles. The van der Waals surface area contributed by atoms with Crippen LogP contribution in [0.3, 0.4) is 0 Å². The first-order chi connectivity index (χ1) is 12.8. The van der Waals surface area contributed by atoms with Crippen LogP contribution < -0.4 is 10.1 Å². The van der Waals surface area contributed by atoms with Crippen molar-refractivity contribution in [3.63, 3.8) is 0 Å². The monoisotopic (exact) mass is 348 g/mol. The maximum absolute atomic E-state index is 12.7. The summed E-state index contributed by atoms with van der Waals surface area (Å²) in [4.78, 5) is 12.7. The van der Waals surface area contributed by atoms with Gasteiger partial charge in [0.05, 0.1) is 18.5 Å². The van der Waals surface area contributed by atoms with Gasteiger partial charge in [0.1, 0.15) is 5.75 Å². The maximum Gasteiger partial charge on any atom is 0.274 e. The third-order valence-corrected chi connectivity index (χ3v) is 4.50. The standard InChI is InChI=1S/C20H20N4O2/c1-26-17-11-9-16(10-12-17)24-19(15-7-8-15)18(22-23-24)20(25)21-13-14-5-3-2-4-6-14/h2-6,9-12,15H,7-8,13H2,1H3,(H,21,25). The smallest absolute Gasteiger partial charge is 0.274 e. The molecule has 3 aromatic rings. The van der Waals surface area contributed by atoms with Crippen LogP contribution in [0.15, 0.2) is 54.6 Å². The number of carbonyl (C=O) groups excluding carboxylic acids is 1. The largest absolute Gasteiger partial charge is 0.497 e. The molecular formula is C20H20N4O2. The Morgan fingerprint density at radius 2 is 1.88 bits per heavy atom. The molecule has 0 saturated heterocycles. The second-order valence-electron chi connectivity index (χ2n) is 6.38. The molecule has 6 nitrogen and oxygen atoms in total. The van der Waals surface area contributed by atoms with Crippen molar-refractivity contribution in [3.05, 3.63) is 71.5 Å². The molecule has 1 amide bonds. The summed E-state index contributed by atoms with van der Waals surface area (Å²) >= 11 is 0. The van der Waals surface area contributed by atoms with Crippen molar-refractivity contribution in [3.8, 4) is 11.4 Å². The Hall–Kier alpha value is -3.15. The molecule has 0 atom stereocenters. The van der Waals surface area contributed by atoms with Crippen molar-refractivity contribution in [1.29, 1.82) is 0 Å². The van der Waals surface area contributed by atoms with E-state index < -0.39 is 0 Å². The minimum atomic E-state index is -0.185. The van der Waals surface area contributed by atoms with E-state index in [0.717, 1.165) is 35.5 Å². The fourth-order valence-electron chi connectivity index (χ4n) is 2.95. The van der Waals surface area contributed by atoms with Crippen LogP contribution in [-0.2, 0) is 6.54 Å². The van der Waals surface area contributed by atoms with Gasteiger partial charge in [0.2, 0.25) is 0 Å². The first-order valence-electron chi connectivity index (χ1n) is 8.68. The van der Waals surface area contributed by atoms with Gasteiger partial charge in [0.25, 0.3) is 5.91 Å². The highest BCUT2D eigenvalue weighted by atomic mass is 16.5. The molecule has 26 heavy (non-hydrogen) atoms. The minimum absolute atomic E-state index is 0.185. The lowest BCUT2D eigenvalue weighted by Crippen LogP contribution is -2.24. The number of nitrogens with one attached hydrogen (secondary N) is 1. The molecule has 0 bridgehead atoms. The predicted molar refractivity (Wildman–Crippen MR) is 97.5 cm³/mol. The molecule has 1 aliphatic rings. The van der Waals surface area contributed by atoms with Crippen LogP contribution in [0.2, 0.25) is 0 Å². The van der Waals surface area contributed by atoms with Gasteiger partial charge in [-0.25, -0.2) is 4.68 Å². The minimum Gasteiger partial charge on any atom is -0.497 e. The van der Waals surface area contributed by atoms with Crippen LogP contribution in [0.5, 0.6) is 5.75 Å². The zero-order valence-electron chi connectivity index (χ0n) is 14.6. The highest BCUT2D eigenvalue weighted by molar-refractivity contribution is 5.93. The molecule has 0 aliphatic heterocycles. The molecule has 0 radical (unpaired) electrons. The zero-order valence-corrected chi connectivity index (χ0v) is 14.6. The molecule has 1 aliphatic carbocycles.